The van der Waals surface area contributed by atoms with Crippen molar-refractivity contribution in [2.24, 2.45) is 5.92 Å². The molecule has 0 amide bonds. The summed E-state index contributed by atoms with van der Waals surface area (Å²) in [4.78, 5) is 2.55. The van der Waals surface area contributed by atoms with Crippen molar-refractivity contribution in [1.29, 1.82) is 0 Å². The van der Waals surface area contributed by atoms with Crippen LogP contribution in [0.15, 0.2) is 0 Å². The highest BCUT2D eigenvalue weighted by Crippen LogP contribution is 2.23. The molecule has 0 rings (SSSR count). The van der Waals surface area contributed by atoms with Gasteiger partial charge in [-0.1, -0.05) is 33.6 Å². The van der Waals surface area contributed by atoms with E-state index >= 15 is 0 Å². The second-order valence-electron chi connectivity index (χ2n) is 4.69. The van der Waals surface area contributed by atoms with Gasteiger partial charge in [0.1, 0.15) is 0 Å². The Balaban J connectivity index is 4.33. The van der Waals surface area contributed by atoms with Crippen LogP contribution in [-0.2, 0) is 0 Å². The largest absolute Gasteiger partial charge is 0.301 e. The van der Waals surface area contributed by atoms with Crippen LogP contribution in [0.4, 0.5) is 0 Å². The molecule has 0 aliphatic carbocycles. The molecule has 2 unspecified atom stereocenters. The molecule has 0 fully saturated rings. The Hall–Kier alpha value is -0.0400. The molecule has 86 valence electrons. The van der Waals surface area contributed by atoms with E-state index in [4.69, 9.17) is 0 Å². The fraction of sp³-hybridized carbons (Fsp3) is 1.00. The summed E-state index contributed by atoms with van der Waals surface area (Å²) in [6.45, 7) is 11.5. The van der Waals surface area contributed by atoms with Crippen LogP contribution < -0.4 is 0 Å². The lowest BCUT2D eigenvalue weighted by molar-refractivity contribution is 0.126. The summed E-state index contributed by atoms with van der Waals surface area (Å²) in [6.07, 6.45) is 5.31. The Morgan fingerprint density at radius 2 is 1.57 bits per heavy atom. The second kappa shape index (κ2) is 7.28. The Kier molecular flexibility index (Phi) is 7.26. The van der Waals surface area contributed by atoms with Crippen molar-refractivity contribution in [3.05, 3.63) is 0 Å². The third kappa shape index (κ3) is 4.00. The third-order valence-electron chi connectivity index (χ3n) is 3.48. The van der Waals surface area contributed by atoms with E-state index in [1.807, 2.05) is 0 Å². The maximum Gasteiger partial charge on any atom is 0.0120 e. The first-order valence-electron chi connectivity index (χ1n) is 6.30. The zero-order valence-electron chi connectivity index (χ0n) is 11.0. The van der Waals surface area contributed by atoms with Crippen molar-refractivity contribution >= 4 is 0 Å². The van der Waals surface area contributed by atoms with Crippen molar-refractivity contribution in [3.63, 3.8) is 0 Å². The van der Waals surface area contributed by atoms with E-state index in [0.29, 0.717) is 6.04 Å². The predicted octanol–water partition coefficient (Wildman–Crippen LogP) is 3.93. The van der Waals surface area contributed by atoms with Gasteiger partial charge in [0.05, 0.1) is 0 Å². The molecule has 0 aliphatic heterocycles. The lowest BCUT2D eigenvalue weighted by Gasteiger charge is -2.36. The monoisotopic (exact) mass is 199 g/mol. The van der Waals surface area contributed by atoms with Crippen LogP contribution >= 0.6 is 0 Å². The van der Waals surface area contributed by atoms with Crippen LogP contribution in [0, 0.1) is 5.92 Å². The topological polar surface area (TPSA) is 3.24 Å². The minimum Gasteiger partial charge on any atom is -0.301 e. The molecule has 0 spiro atoms. The fourth-order valence-electron chi connectivity index (χ4n) is 2.38. The Labute approximate surface area is 90.9 Å². The van der Waals surface area contributed by atoms with E-state index < -0.39 is 0 Å². The summed E-state index contributed by atoms with van der Waals surface area (Å²) in [5.41, 5.74) is 0. The van der Waals surface area contributed by atoms with Crippen LogP contribution in [-0.4, -0.2) is 24.0 Å². The van der Waals surface area contributed by atoms with Crippen molar-refractivity contribution in [2.75, 3.05) is 7.05 Å². The van der Waals surface area contributed by atoms with E-state index in [0.717, 1.165) is 12.0 Å². The molecule has 0 saturated carbocycles. The van der Waals surface area contributed by atoms with Gasteiger partial charge in [0, 0.05) is 12.1 Å². The summed E-state index contributed by atoms with van der Waals surface area (Å²) in [5.74, 6) is 0.886. The minimum atomic E-state index is 0.672. The van der Waals surface area contributed by atoms with Gasteiger partial charge in [-0.05, 0) is 39.7 Å². The van der Waals surface area contributed by atoms with Gasteiger partial charge in [0.25, 0.3) is 0 Å². The van der Waals surface area contributed by atoms with Gasteiger partial charge in [0.2, 0.25) is 0 Å². The van der Waals surface area contributed by atoms with Crippen LogP contribution in [0.25, 0.3) is 0 Å². The molecule has 0 aromatic rings. The predicted molar refractivity (Wildman–Crippen MR) is 65.7 cm³/mol. The van der Waals surface area contributed by atoms with E-state index in [1.165, 1.54) is 25.7 Å². The average Bonchev–Trinajstić information content (AvgIpc) is 2.17. The van der Waals surface area contributed by atoms with Gasteiger partial charge in [-0.25, -0.2) is 0 Å². The molecule has 1 nitrogen and oxygen atoms in total. The summed E-state index contributed by atoms with van der Waals surface area (Å²) >= 11 is 0. The first-order chi connectivity index (χ1) is 6.58. The molecule has 2 atom stereocenters. The number of hydrogen-bond acceptors (Lipinski definition) is 1. The molecule has 0 N–H and O–H groups in total. The molecule has 0 bridgehead atoms. The molecule has 0 heterocycles. The third-order valence-corrected chi connectivity index (χ3v) is 3.48. The highest BCUT2D eigenvalue weighted by molar-refractivity contribution is 4.77. The zero-order valence-corrected chi connectivity index (χ0v) is 11.0. The first-order valence-corrected chi connectivity index (χ1v) is 6.30. The zero-order chi connectivity index (χ0) is 11.1. The molecule has 1 heteroatoms. The van der Waals surface area contributed by atoms with Crippen molar-refractivity contribution in [2.45, 2.75) is 72.4 Å². The standard InChI is InChI=1S/C13H29N/c1-7-10-12(8-2)13(9-3)14(6)11(4)5/h11-13H,7-10H2,1-6H3. The smallest absolute Gasteiger partial charge is 0.0120 e. The lowest BCUT2D eigenvalue weighted by atomic mass is 9.89. The maximum absolute atomic E-state index is 2.55. The van der Waals surface area contributed by atoms with Crippen LogP contribution in [0.2, 0.25) is 0 Å². The van der Waals surface area contributed by atoms with Crippen molar-refractivity contribution in [1.82, 2.24) is 4.90 Å². The normalized spacial score (nSPS) is 16.3. The Morgan fingerprint density at radius 3 is 1.86 bits per heavy atom. The van der Waals surface area contributed by atoms with E-state index in [9.17, 15) is 0 Å². The van der Waals surface area contributed by atoms with Crippen molar-refractivity contribution < 1.29 is 0 Å². The summed E-state index contributed by atoms with van der Waals surface area (Å²) in [5, 5.41) is 0. The lowest BCUT2D eigenvalue weighted by Crippen LogP contribution is -2.41. The van der Waals surface area contributed by atoms with Gasteiger partial charge in [0.15, 0.2) is 0 Å². The minimum absolute atomic E-state index is 0.672. The van der Waals surface area contributed by atoms with Crippen LogP contribution in [0.3, 0.4) is 0 Å². The highest BCUT2D eigenvalue weighted by Gasteiger charge is 2.22. The van der Waals surface area contributed by atoms with E-state index in [2.05, 4.69) is 46.6 Å². The number of hydrogen-bond donors (Lipinski definition) is 0. The highest BCUT2D eigenvalue weighted by atomic mass is 15.2. The molecule has 0 aromatic heterocycles. The summed E-state index contributed by atoms with van der Waals surface area (Å²) in [6, 6.07) is 1.45. The van der Waals surface area contributed by atoms with Gasteiger partial charge >= 0.3 is 0 Å². The quantitative estimate of drug-likeness (QED) is 0.600. The van der Waals surface area contributed by atoms with Crippen LogP contribution in [0.5, 0.6) is 0 Å². The Bertz CT molecular complexity index is 131. The SMILES string of the molecule is CCCC(CC)C(CC)N(C)C(C)C. The molecular weight excluding hydrogens is 170 g/mol. The van der Waals surface area contributed by atoms with Gasteiger partial charge in [-0.15, -0.1) is 0 Å². The molecule has 0 aromatic carbocycles. The Morgan fingerprint density at radius 1 is 1.00 bits per heavy atom. The van der Waals surface area contributed by atoms with Gasteiger partial charge in [-0.2, -0.15) is 0 Å². The van der Waals surface area contributed by atoms with E-state index in [1.54, 1.807) is 0 Å². The van der Waals surface area contributed by atoms with Crippen molar-refractivity contribution in [3.8, 4) is 0 Å². The molecular formula is C13H29N. The van der Waals surface area contributed by atoms with E-state index in [-0.39, 0.29) is 0 Å². The molecule has 0 radical (unpaired) electrons. The molecule has 0 aliphatic rings. The number of nitrogens with zero attached hydrogens (tertiary/aromatic N) is 1. The molecule has 14 heavy (non-hydrogen) atoms. The molecule has 0 saturated heterocycles. The van der Waals surface area contributed by atoms with Gasteiger partial charge in [-0.3, -0.25) is 0 Å². The fourth-order valence-corrected chi connectivity index (χ4v) is 2.38. The van der Waals surface area contributed by atoms with Gasteiger partial charge < -0.3 is 4.90 Å². The number of rotatable bonds is 7. The summed E-state index contributed by atoms with van der Waals surface area (Å²) < 4.78 is 0. The average molecular weight is 199 g/mol. The second-order valence-corrected chi connectivity index (χ2v) is 4.69. The maximum atomic E-state index is 2.55. The van der Waals surface area contributed by atoms with Crippen LogP contribution in [0.1, 0.15) is 60.3 Å². The first kappa shape index (κ1) is 14.0. The summed E-state index contributed by atoms with van der Waals surface area (Å²) in [7, 11) is 2.27.